The van der Waals surface area contributed by atoms with Gasteiger partial charge in [0.25, 0.3) is 0 Å². The van der Waals surface area contributed by atoms with E-state index in [9.17, 15) is 13.5 Å². The molecule has 0 amide bonds. The Bertz CT molecular complexity index is 1020. The van der Waals surface area contributed by atoms with Gasteiger partial charge in [-0.25, -0.2) is 8.42 Å². The number of hydrogen-bond acceptors (Lipinski definition) is 7. The summed E-state index contributed by atoms with van der Waals surface area (Å²) in [4.78, 5) is 2.22. The minimum absolute atomic E-state index is 0.0345. The smallest absolute Gasteiger partial charge is 0.168 e. The summed E-state index contributed by atoms with van der Waals surface area (Å²) in [6.45, 7) is 0. The Morgan fingerprint density at radius 3 is 2.47 bits per heavy atom. The van der Waals surface area contributed by atoms with Crippen molar-refractivity contribution >= 4 is 21.7 Å². The summed E-state index contributed by atoms with van der Waals surface area (Å²) in [6.07, 6.45) is 8.65. The quantitative estimate of drug-likeness (QED) is 0.756. The second-order valence-corrected chi connectivity index (χ2v) is 10.3. The molecule has 0 saturated carbocycles. The fourth-order valence-corrected chi connectivity index (χ4v) is 4.87. The van der Waals surface area contributed by atoms with Gasteiger partial charge in [0.2, 0.25) is 0 Å². The summed E-state index contributed by atoms with van der Waals surface area (Å²) in [5, 5.41) is 23.9. The van der Waals surface area contributed by atoms with Crippen molar-refractivity contribution in [2.24, 2.45) is 0 Å². The zero-order valence-electron chi connectivity index (χ0n) is 17.3. The van der Waals surface area contributed by atoms with E-state index in [1.165, 1.54) is 31.4 Å². The number of aromatic hydroxyl groups is 1. The Kier molecular flexibility index (Phi) is 5.79. The van der Waals surface area contributed by atoms with Crippen LogP contribution in [0.25, 0.3) is 17.3 Å². The van der Waals surface area contributed by atoms with Crippen molar-refractivity contribution in [3.05, 3.63) is 41.3 Å². The number of aromatic nitrogens is 2. The van der Waals surface area contributed by atoms with E-state index in [0.717, 1.165) is 30.3 Å². The van der Waals surface area contributed by atoms with Gasteiger partial charge in [0.15, 0.2) is 15.7 Å². The largest absolute Gasteiger partial charge is 0.507 e. The molecule has 2 fully saturated rings. The van der Waals surface area contributed by atoms with Gasteiger partial charge in [-0.1, -0.05) is 12.5 Å². The highest BCUT2D eigenvalue weighted by Gasteiger charge is 2.33. The normalized spacial score (nSPS) is 24.1. The summed E-state index contributed by atoms with van der Waals surface area (Å²) in [7, 11) is -1.14. The van der Waals surface area contributed by atoms with Crippen molar-refractivity contribution in [2.75, 3.05) is 18.2 Å². The standard InChI is InChI=1S/C22H28N4O3S/c1-26(18-13-16-4-3-5-17(14-18)23-16)22-9-8-20(24-25-22)19-7-6-15(12-21(19)27)10-11-30(2,28)29/h6-12,16-18,23,27H,3-5,13-14H2,1-2H3/b11-10+/t16-,17+,18?. The van der Waals surface area contributed by atoms with Crippen molar-refractivity contribution in [3.63, 3.8) is 0 Å². The maximum Gasteiger partial charge on any atom is 0.168 e. The molecule has 8 heteroatoms. The summed E-state index contributed by atoms with van der Waals surface area (Å²) >= 11 is 0. The maximum absolute atomic E-state index is 11.3. The molecule has 2 aromatic rings. The number of hydrogen-bond donors (Lipinski definition) is 2. The molecule has 2 aliphatic heterocycles. The zero-order chi connectivity index (χ0) is 21.3. The van der Waals surface area contributed by atoms with E-state index in [1.807, 2.05) is 12.1 Å². The highest BCUT2D eigenvalue weighted by Crippen LogP contribution is 2.32. The number of nitrogens with zero attached hydrogens (tertiary/aromatic N) is 3. The van der Waals surface area contributed by atoms with Crippen LogP contribution in [-0.4, -0.2) is 55.2 Å². The fourth-order valence-electron chi connectivity index (χ4n) is 4.47. The van der Waals surface area contributed by atoms with E-state index in [1.54, 1.807) is 12.1 Å². The first-order chi connectivity index (χ1) is 14.3. The minimum atomic E-state index is -3.22. The molecular weight excluding hydrogens is 400 g/mol. The molecule has 160 valence electrons. The van der Waals surface area contributed by atoms with Gasteiger partial charge in [-0.05, 0) is 61.6 Å². The zero-order valence-corrected chi connectivity index (χ0v) is 18.1. The molecule has 1 aromatic heterocycles. The van der Waals surface area contributed by atoms with Crippen LogP contribution in [0.3, 0.4) is 0 Å². The van der Waals surface area contributed by atoms with E-state index in [-0.39, 0.29) is 5.75 Å². The molecule has 4 rings (SSSR count). The van der Waals surface area contributed by atoms with E-state index < -0.39 is 9.84 Å². The molecule has 0 spiro atoms. The van der Waals surface area contributed by atoms with Crippen molar-refractivity contribution < 1.29 is 13.5 Å². The molecule has 2 N–H and O–H groups in total. The Morgan fingerprint density at radius 1 is 1.13 bits per heavy atom. The number of anilines is 1. The lowest BCUT2D eigenvalue weighted by molar-refractivity contribution is 0.219. The number of sulfone groups is 1. The van der Waals surface area contributed by atoms with Crippen LogP contribution in [0.5, 0.6) is 5.75 Å². The monoisotopic (exact) mass is 428 g/mol. The number of nitrogens with one attached hydrogen (secondary N) is 1. The predicted octanol–water partition coefficient (Wildman–Crippen LogP) is 2.97. The summed E-state index contributed by atoms with van der Waals surface area (Å²) in [5.41, 5.74) is 1.73. The van der Waals surface area contributed by atoms with Gasteiger partial charge in [0, 0.05) is 42.4 Å². The molecule has 2 saturated heterocycles. The van der Waals surface area contributed by atoms with Crippen LogP contribution >= 0.6 is 0 Å². The number of phenolic OH excluding ortho intramolecular Hbond substituents is 1. The molecule has 7 nitrogen and oxygen atoms in total. The van der Waals surface area contributed by atoms with Crippen molar-refractivity contribution in [3.8, 4) is 17.0 Å². The first-order valence-corrected chi connectivity index (χ1v) is 12.3. The third kappa shape index (κ3) is 4.82. The van der Waals surface area contributed by atoms with Crippen LogP contribution in [0.15, 0.2) is 35.7 Å². The van der Waals surface area contributed by atoms with Gasteiger partial charge in [0.05, 0.1) is 5.69 Å². The number of benzene rings is 1. The molecule has 1 unspecified atom stereocenters. The van der Waals surface area contributed by atoms with Crippen molar-refractivity contribution in [2.45, 2.75) is 50.2 Å². The van der Waals surface area contributed by atoms with Gasteiger partial charge in [-0.15, -0.1) is 10.2 Å². The van der Waals surface area contributed by atoms with Gasteiger partial charge in [-0.2, -0.15) is 0 Å². The van der Waals surface area contributed by atoms with Crippen molar-refractivity contribution in [1.82, 2.24) is 15.5 Å². The van der Waals surface area contributed by atoms with Gasteiger partial charge in [0.1, 0.15) is 5.75 Å². The molecule has 30 heavy (non-hydrogen) atoms. The number of phenols is 1. The average Bonchev–Trinajstić information content (AvgIpc) is 2.71. The average molecular weight is 429 g/mol. The second-order valence-electron chi connectivity index (χ2n) is 8.41. The van der Waals surface area contributed by atoms with Crippen LogP contribution in [0.2, 0.25) is 0 Å². The number of rotatable bonds is 5. The molecule has 3 atom stereocenters. The first-order valence-electron chi connectivity index (χ1n) is 10.3. The first kappa shape index (κ1) is 20.8. The van der Waals surface area contributed by atoms with Crippen LogP contribution < -0.4 is 10.2 Å². The lowest BCUT2D eigenvalue weighted by atomic mass is 9.83. The minimum Gasteiger partial charge on any atom is -0.507 e. The highest BCUT2D eigenvalue weighted by atomic mass is 32.2. The molecule has 2 aliphatic rings. The second kappa shape index (κ2) is 8.35. The van der Waals surface area contributed by atoms with E-state index in [2.05, 4.69) is 27.5 Å². The summed E-state index contributed by atoms with van der Waals surface area (Å²) in [6, 6.07) is 10.4. The number of piperidine rings is 2. The van der Waals surface area contributed by atoms with E-state index in [4.69, 9.17) is 0 Å². The lowest BCUT2D eigenvalue weighted by Gasteiger charge is -2.43. The fraction of sp³-hybridized carbons (Fsp3) is 0.455. The van der Waals surface area contributed by atoms with E-state index in [0.29, 0.717) is 34.9 Å². The summed E-state index contributed by atoms with van der Waals surface area (Å²) in [5.74, 6) is 0.864. The Morgan fingerprint density at radius 2 is 1.87 bits per heavy atom. The SMILES string of the molecule is CN(c1ccc(-c2ccc(/C=C/S(C)(=O)=O)cc2O)nn1)C1C[C@H]2CCC[C@@H](C1)N2. The van der Waals surface area contributed by atoms with Gasteiger partial charge in [-0.3, -0.25) is 0 Å². The third-order valence-electron chi connectivity index (χ3n) is 6.05. The molecule has 0 radical (unpaired) electrons. The van der Waals surface area contributed by atoms with E-state index >= 15 is 0 Å². The molecule has 1 aromatic carbocycles. The number of fused-ring (bicyclic) bond motifs is 2. The van der Waals surface area contributed by atoms with Crippen LogP contribution in [0, 0.1) is 0 Å². The summed E-state index contributed by atoms with van der Waals surface area (Å²) < 4.78 is 22.5. The van der Waals surface area contributed by atoms with Crippen LogP contribution in [0.4, 0.5) is 5.82 Å². The molecule has 0 aliphatic carbocycles. The Labute approximate surface area is 177 Å². The topological polar surface area (TPSA) is 95.4 Å². The molecule has 3 heterocycles. The van der Waals surface area contributed by atoms with Gasteiger partial charge < -0.3 is 15.3 Å². The highest BCUT2D eigenvalue weighted by molar-refractivity contribution is 7.93. The lowest BCUT2D eigenvalue weighted by Crippen LogP contribution is -2.54. The van der Waals surface area contributed by atoms with Gasteiger partial charge >= 0.3 is 0 Å². The Balaban J connectivity index is 1.49. The third-order valence-corrected chi connectivity index (χ3v) is 6.69. The maximum atomic E-state index is 11.3. The molecular formula is C22H28N4O3S. The Hall–Kier alpha value is -2.45. The molecule has 2 bridgehead atoms. The van der Waals surface area contributed by atoms with Crippen LogP contribution in [-0.2, 0) is 9.84 Å². The van der Waals surface area contributed by atoms with Crippen LogP contribution in [0.1, 0.15) is 37.7 Å². The van der Waals surface area contributed by atoms with Crippen molar-refractivity contribution in [1.29, 1.82) is 0 Å². The predicted molar refractivity (Wildman–Crippen MR) is 119 cm³/mol.